The Balaban J connectivity index is 1.92. The van der Waals surface area contributed by atoms with Crippen LogP contribution in [0.5, 0.6) is 5.75 Å². The number of esters is 1. The largest absolute Gasteiger partial charge is 0.494 e. The fourth-order valence-corrected chi connectivity index (χ4v) is 2.13. The van der Waals surface area contributed by atoms with Crippen molar-refractivity contribution < 1.29 is 28.2 Å². The highest BCUT2D eigenvalue weighted by Gasteiger charge is 2.14. The molecule has 2 rings (SSSR count). The molecule has 0 radical (unpaired) electrons. The first-order valence-electron chi connectivity index (χ1n) is 7.78. The number of carbonyl (C=O) groups is 3. The Labute approximate surface area is 149 Å². The third-order valence-electron chi connectivity index (χ3n) is 3.54. The highest BCUT2D eigenvalue weighted by Crippen LogP contribution is 2.18. The normalized spacial score (nSPS) is 10.1. The maximum atomic E-state index is 13.6. The van der Waals surface area contributed by atoms with Crippen molar-refractivity contribution in [3.05, 3.63) is 65.0 Å². The van der Waals surface area contributed by atoms with Crippen LogP contribution in [0.3, 0.4) is 0 Å². The molecule has 0 unspecified atom stereocenters. The maximum Gasteiger partial charge on any atom is 0.338 e. The molecule has 0 spiro atoms. The minimum atomic E-state index is -0.804. The summed E-state index contributed by atoms with van der Waals surface area (Å²) in [6.45, 7) is 1.32. The van der Waals surface area contributed by atoms with E-state index in [4.69, 9.17) is 9.47 Å². The molecule has 0 aliphatic heterocycles. The monoisotopic (exact) mass is 359 g/mol. The van der Waals surface area contributed by atoms with Gasteiger partial charge >= 0.3 is 5.97 Å². The van der Waals surface area contributed by atoms with Crippen molar-refractivity contribution in [1.29, 1.82) is 0 Å². The van der Waals surface area contributed by atoms with Crippen LogP contribution >= 0.6 is 0 Å². The second-order valence-corrected chi connectivity index (χ2v) is 5.46. The standard InChI is InChI=1S/C19H18FNO5/c1-12(22)21-10-13-3-5-14(6-4-13)17(23)11-26-19(24)15-7-8-18(25-2)16(20)9-15/h3-9H,10-11H2,1-2H3,(H,21,22). The SMILES string of the molecule is COc1ccc(C(=O)OCC(=O)c2ccc(CNC(C)=O)cc2)cc1F. The third kappa shape index (κ3) is 5.14. The van der Waals surface area contributed by atoms with Crippen molar-refractivity contribution in [3.63, 3.8) is 0 Å². The van der Waals surface area contributed by atoms with E-state index in [0.717, 1.165) is 11.6 Å². The average Bonchev–Trinajstić information content (AvgIpc) is 2.64. The van der Waals surface area contributed by atoms with E-state index in [0.29, 0.717) is 12.1 Å². The van der Waals surface area contributed by atoms with E-state index in [9.17, 15) is 18.8 Å². The fourth-order valence-electron chi connectivity index (χ4n) is 2.13. The molecule has 2 aromatic rings. The number of hydrogen-bond acceptors (Lipinski definition) is 5. The third-order valence-corrected chi connectivity index (χ3v) is 3.54. The van der Waals surface area contributed by atoms with Gasteiger partial charge in [-0.2, -0.15) is 0 Å². The molecule has 0 aliphatic carbocycles. The van der Waals surface area contributed by atoms with Crippen LogP contribution in [0.25, 0.3) is 0 Å². The lowest BCUT2D eigenvalue weighted by atomic mass is 10.1. The molecule has 7 heteroatoms. The number of nitrogens with one attached hydrogen (secondary N) is 1. The topological polar surface area (TPSA) is 81.7 Å². The first-order valence-corrected chi connectivity index (χ1v) is 7.78. The summed E-state index contributed by atoms with van der Waals surface area (Å²) in [4.78, 5) is 34.9. The number of ketones is 1. The predicted molar refractivity (Wildman–Crippen MR) is 91.5 cm³/mol. The van der Waals surface area contributed by atoms with Crippen LogP contribution in [-0.4, -0.2) is 31.4 Å². The summed E-state index contributed by atoms with van der Waals surface area (Å²) >= 11 is 0. The highest BCUT2D eigenvalue weighted by atomic mass is 19.1. The van der Waals surface area contributed by atoms with Gasteiger partial charge in [0, 0.05) is 19.0 Å². The smallest absolute Gasteiger partial charge is 0.338 e. The molecular weight excluding hydrogens is 341 g/mol. The number of halogens is 1. The fraction of sp³-hybridized carbons (Fsp3) is 0.211. The average molecular weight is 359 g/mol. The van der Waals surface area contributed by atoms with Gasteiger partial charge in [0.2, 0.25) is 5.91 Å². The molecule has 6 nitrogen and oxygen atoms in total. The molecule has 1 amide bonds. The van der Waals surface area contributed by atoms with Gasteiger partial charge in [0.15, 0.2) is 24.0 Å². The summed E-state index contributed by atoms with van der Waals surface area (Å²) in [6.07, 6.45) is 0. The Hall–Kier alpha value is -3.22. The van der Waals surface area contributed by atoms with Crippen molar-refractivity contribution in [2.45, 2.75) is 13.5 Å². The number of rotatable bonds is 7. The van der Waals surface area contributed by atoms with Gasteiger partial charge in [0.1, 0.15) is 0 Å². The molecule has 0 aliphatic rings. The first-order chi connectivity index (χ1) is 12.4. The number of methoxy groups -OCH3 is 1. The lowest BCUT2D eigenvalue weighted by molar-refractivity contribution is -0.119. The van der Waals surface area contributed by atoms with Gasteiger partial charge in [-0.15, -0.1) is 0 Å². The molecule has 1 N–H and O–H groups in total. The van der Waals surface area contributed by atoms with E-state index in [1.54, 1.807) is 24.3 Å². The van der Waals surface area contributed by atoms with Gasteiger partial charge < -0.3 is 14.8 Å². The summed E-state index contributed by atoms with van der Waals surface area (Å²) in [5, 5.41) is 2.65. The minimum Gasteiger partial charge on any atom is -0.494 e. The molecule has 0 aromatic heterocycles. The van der Waals surface area contributed by atoms with Crippen LogP contribution in [0, 0.1) is 5.82 Å². The van der Waals surface area contributed by atoms with E-state index in [2.05, 4.69) is 5.32 Å². The maximum absolute atomic E-state index is 13.6. The zero-order chi connectivity index (χ0) is 19.1. The van der Waals surface area contributed by atoms with Crippen LogP contribution in [0.4, 0.5) is 4.39 Å². The summed E-state index contributed by atoms with van der Waals surface area (Å²) in [5.74, 6) is -2.02. The number of amides is 1. The van der Waals surface area contributed by atoms with Crippen molar-refractivity contribution in [3.8, 4) is 5.75 Å². The second-order valence-electron chi connectivity index (χ2n) is 5.46. The number of Topliss-reactive ketones (excluding diaryl/α,β-unsaturated/α-hetero) is 1. The molecular formula is C19H18FNO5. The van der Waals surface area contributed by atoms with E-state index in [1.165, 1.54) is 26.2 Å². The van der Waals surface area contributed by atoms with Gasteiger partial charge in [-0.05, 0) is 23.8 Å². The highest BCUT2D eigenvalue weighted by molar-refractivity contribution is 5.99. The Kier molecular flexibility index (Phi) is 6.43. The van der Waals surface area contributed by atoms with Gasteiger partial charge in [0.25, 0.3) is 0 Å². The van der Waals surface area contributed by atoms with E-state index >= 15 is 0 Å². The zero-order valence-electron chi connectivity index (χ0n) is 14.4. The summed E-state index contributed by atoms with van der Waals surface area (Å²) in [6, 6.07) is 10.2. The van der Waals surface area contributed by atoms with Crippen LogP contribution in [0.1, 0.15) is 33.2 Å². The summed E-state index contributed by atoms with van der Waals surface area (Å²) < 4.78 is 23.3. The molecule has 0 atom stereocenters. The Bertz CT molecular complexity index is 817. The van der Waals surface area contributed by atoms with Gasteiger partial charge in [-0.1, -0.05) is 24.3 Å². The second kappa shape index (κ2) is 8.75. The molecule has 0 saturated heterocycles. The molecule has 136 valence electrons. The Morgan fingerprint density at radius 3 is 2.27 bits per heavy atom. The molecule has 2 aromatic carbocycles. The number of hydrogen-bond donors (Lipinski definition) is 1. The number of carbonyl (C=O) groups excluding carboxylic acids is 3. The van der Waals surface area contributed by atoms with Crippen LogP contribution in [-0.2, 0) is 16.1 Å². The summed E-state index contributed by atoms with van der Waals surface area (Å²) in [5.41, 5.74) is 1.19. The molecule has 26 heavy (non-hydrogen) atoms. The molecule has 0 bridgehead atoms. The van der Waals surface area contributed by atoms with Gasteiger partial charge in [-0.3, -0.25) is 9.59 Å². The molecule has 0 fully saturated rings. The predicted octanol–water partition coefficient (Wildman–Crippen LogP) is 2.51. The minimum absolute atomic E-state index is 0.0111. The van der Waals surface area contributed by atoms with Gasteiger partial charge in [-0.25, -0.2) is 9.18 Å². The van der Waals surface area contributed by atoms with Crippen molar-refractivity contribution in [1.82, 2.24) is 5.32 Å². The summed E-state index contributed by atoms with van der Waals surface area (Å²) in [7, 11) is 1.32. The van der Waals surface area contributed by atoms with Crippen molar-refractivity contribution in [2.75, 3.05) is 13.7 Å². The first kappa shape index (κ1) is 19.1. The number of ether oxygens (including phenoxy) is 2. The quantitative estimate of drug-likeness (QED) is 0.607. The van der Waals surface area contributed by atoms with Crippen LogP contribution in [0.15, 0.2) is 42.5 Å². The van der Waals surface area contributed by atoms with Crippen LogP contribution < -0.4 is 10.1 Å². The van der Waals surface area contributed by atoms with Crippen molar-refractivity contribution >= 4 is 17.7 Å². The molecule has 0 heterocycles. The van der Waals surface area contributed by atoms with Crippen molar-refractivity contribution in [2.24, 2.45) is 0 Å². The van der Waals surface area contributed by atoms with Crippen LogP contribution in [0.2, 0.25) is 0 Å². The Morgan fingerprint density at radius 1 is 1.04 bits per heavy atom. The molecule has 0 saturated carbocycles. The lowest BCUT2D eigenvalue weighted by Crippen LogP contribution is -2.19. The Morgan fingerprint density at radius 2 is 1.69 bits per heavy atom. The van der Waals surface area contributed by atoms with Gasteiger partial charge in [0.05, 0.1) is 12.7 Å². The van der Waals surface area contributed by atoms with E-state index < -0.39 is 24.2 Å². The number of benzene rings is 2. The van der Waals surface area contributed by atoms with E-state index in [1.807, 2.05) is 0 Å². The zero-order valence-corrected chi connectivity index (χ0v) is 14.4. The van der Waals surface area contributed by atoms with E-state index in [-0.39, 0.29) is 17.2 Å². The lowest BCUT2D eigenvalue weighted by Gasteiger charge is -2.07.